The molecule has 3 saturated heterocycles. The average molecular weight is 778 g/mol. The molecule has 0 spiro atoms. The van der Waals surface area contributed by atoms with Crippen LogP contribution in [0.5, 0.6) is 11.5 Å². The lowest BCUT2D eigenvalue weighted by molar-refractivity contribution is -0.136. The molecule has 16 heteroatoms. The molecule has 0 radical (unpaired) electrons. The lowest BCUT2D eigenvalue weighted by Gasteiger charge is -2.39. The Morgan fingerprint density at radius 2 is 1.73 bits per heavy atom. The number of hydrogen-bond acceptors (Lipinski definition) is 13. The zero-order valence-electron chi connectivity index (χ0n) is 30.8. The Bertz CT molecular complexity index is 2480. The zero-order chi connectivity index (χ0) is 38.7. The molecule has 5 aromatic rings. The number of aryl methyl sites for hydroxylation is 1. The van der Waals surface area contributed by atoms with Gasteiger partial charge in [0.05, 0.1) is 22.3 Å². The van der Waals surface area contributed by atoms with Crippen molar-refractivity contribution in [3.05, 3.63) is 80.7 Å². The van der Waals surface area contributed by atoms with Gasteiger partial charge >= 0.3 is 0 Å². The van der Waals surface area contributed by atoms with E-state index in [1.54, 1.807) is 35.4 Å². The molecule has 3 aromatic heterocycles. The summed E-state index contributed by atoms with van der Waals surface area (Å²) in [5, 5.41) is 2.90. The molecule has 288 valence electrons. The molecule has 9 rings (SSSR count). The standard InChI is InChI=1S/C40H40ClN9O6/c1-22-32(56-31-18-30-35(46-37(31)42)36(52)34-27(41)3-2-4-29(34)55-30)19-43-40(44-22)49-11-9-23(10-12-49)20-47-13-15-48(16-14-47)25-6-5-24-21-50(39(54)26(24)17-25)28-7-8-33(51)45-38(28)53/h2-6,17-19,23,28H,7-16,20-21H2,1H3,(H2,42,46)(H,45,51,53). The summed E-state index contributed by atoms with van der Waals surface area (Å²) in [6.07, 6.45) is 4.29. The largest absolute Gasteiger partial charge is 0.454 e. The number of ether oxygens (including phenoxy) is 1. The number of nitrogens with zero attached hydrogens (tertiary/aromatic N) is 7. The fraction of sp³-hybridized carbons (Fsp3) is 0.375. The van der Waals surface area contributed by atoms with E-state index in [1.165, 1.54) is 0 Å². The van der Waals surface area contributed by atoms with Crippen LogP contribution in [0.15, 0.2) is 57.9 Å². The van der Waals surface area contributed by atoms with Crippen LogP contribution in [0, 0.1) is 12.8 Å². The second-order valence-corrected chi connectivity index (χ2v) is 15.4. The number of imide groups is 1. The molecule has 56 heavy (non-hydrogen) atoms. The maximum absolute atomic E-state index is 13.3. The van der Waals surface area contributed by atoms with E-state index >= 15 is 0 Å². The lowest BCUT2D eigenvalue weighted by Crippen LogP contribution is -2.52. The Hall–Kier alpha value is -5.80. The van der Waals surface area contributed by atoms with Gasteiger partial charge in [-0.15, -0.1) is 0 Å². The van der Waals surface area contributed by atoms with Gasteiger partial charge in [-0.1, -0.05) is 23.7 Å². The van der Waals surface area contributed by atoms with Crippen LogP contribution in [0.2, 0.25) is 5.02 Å². The monoisotopic (exact) mass is 777 g/mol. The van der Waals surface area contributed by atoms with Gasteiger partial charge < -0.3 is 29.6 Å². The first-order valence-electron chi connectivity index (χ1n) is 18.9. The first kappa shape index (κ1) is 35.9. The first-order chi connectivity index (χ1) is 27.1. The highest BCUT2D eigenvalue weighted by Crippen LogP contribution is 2.34. The average Bonchev–Trinajstić information content (AvgIpc) is 3.51. The van der Waals surface area contributed by atoms with Crippen molar-refractivity contribution >= 4 is 68.8 Å². The van der Waals surface area contributed by atoms with Crippen LogP contribution in [-0.4, -0.2) is 94.3 Å². The Labute approximate surface area is 326 Å². The van der Waals surface area contributed by atoms with Gasteiger partial charge in [0.25, 0.3) is 5.91 Å². The molecular formula is C40H40ClN9O6. The number of carbonyl (C=O) groups excluding carboxylic acids is 3. The molecule has 2 aromatic carbocycles. The van der Waals surface area contributed by atoms with E-state index in [2.05, 4.69) is 36.1 Å². The van der Waals surface area contributed by atoms with E-state index in [4.69, 9.17) is 31.5 Å². The van der Waals surface area contributed by atoms with E-state index in [9.17, 15) is 19.2 Å². The van der Waals surface area contributed by atoms with Crippen molar-refractivity contribution < 1.29 is 23.5 Å². The normalized spacial score (nSPS) is 19.6. The summed E-state index contributed by atoms with van der Waals surface area (Å²) >= 11 is 6.25. The number of anilines is 3. The third-order valence-electron chi connectivity index (χ3n) is 11.4. The Morgan fingerprint density at radius 1 is 0.929 bits per heavy atom. The SMILES string of the molecule is Cc1nc(N2CCC(CN3CCN(c4ccc5c(c4)C(=O)N(C4CCC(=O)NC4=O)C5)CC3)CC2)ncc1Oc1cc2oc3cccc(Cl)c3c(=O)c2nc1N. The van der Waals surface area contributed by atoms with Crippen molar-refractivity contribution in [2.45, 2.75) is 45.2 Å². The number of piperidine rings is 2. The van der Waals surface area contributed by atoms with Crippen molar-refractivity contribution in [3.8, 4) is 11.5 Å². The van der Waals surface area contributed by atoms with E-state index in [1.807, 2.05) is 19.1 Å². The van der Waals surface area contributed by atoms with Crippen molar-refractivity contribution in [2.75, 3.05) is 61.3 Å². The number of halogens is 1. The quantitative estimate of drug-likeness (QED) is 0.177. The van der Waals surface area contributed by atoms with Gasteiger partial charge in [0, 0.05) is 76.1 Å². The number of amides is 3. The predicted molar refractivity (Wildman–Crippen MR) is 210 cm³/mol. The van der Waals surface area contributed by atoms with Crippen LogP contribution in [0.4, 0.5) is 17.5 Å². The van der Waals surface area contributed by atoms with Crippen molar-refractivity contribution in [1.29, 1.82) is 0 Å². The molecule has 4 aliphatic heterocycles. The Balaban J connectivity index is 0.774. The number of carbonyl (C=O) groups is 3. The fourth-order valence-corrected chi connectivity index (χ4v) is 8.54. The van der Waals surface area contributed by atoms with Crippen molar-refractivity contribution in [1.82, 2.24) is 30.1 Å². The lowest BCUT2D eigenvalue weighted by atomic mass is 9.96. The number of nitrogens with one attached hydrogen (secondary N) is 1. The molecule has 1 unspecified atom stereocenters. The van der Waals surface area contributed by atoms with Crippen molar-refractivity contribution in [2.24, 2.45) is 5.92 Å². The number of pyridine rings is 1. The molecule has 0 saturated carbocycles. The number of nitrogens with two attached hydrogens (primary N) is 1. The van der Waals surface area contributed by atoms with E-state index in [-0.39, 0.29) is 56.7 Å². The first-order valence-corrected chi connectivity index (χ1v) is 19.3. The molecule has 0 bridgehead atoms. The second kappa shape index (κ2) is 14.4. The predicted octanol–water partition coefficient (Wildman–Crippen LogP) is 4.27. The number of piperazine rings is 1. The topological polar surface area (TPSA) is 180 Å². The summed E-state index contributed by atoms with van der Waals surface area (Å²) in [6.45, 7) is 8.57. The minimum atomic E-state index is -0.611. The fourth-order valence-electron chi connectivity index (χ4n) is 8.28. The van der Waals surface area contributed by atoms with Crippen LogP contribution >= 0.6 is 11.6 Å². The molecule has 7 heterocycles. The Morgan fingerprint density at radius 3 is 2.50 bits per heavy atom. The van der Waals surface area contributed by atoms with Gasteiger partial charge in [-0.2, -0.15) is 0 Å². The smallest absolute Gasteiger partial charge is 0.255 e. The third-order valence-corrected chi connectivity index (χ3v) is 11.7. The molecular weight excluding hydrogens is 738 g/mol. The zero-order valence-corrected chi connectivity index (χ0v) is 31.6. The van der Waals surface area contributed by atoms with Crippen LogP contribution in [0.3, 0.4) is 0 Å². The molecule has 3 fully saturated rings. The van der Waals surface area contributed by atoms with Gasteiger partial charge in [0.1, 0.15) is 11.6 Å². The van der Waals surface area contributed by atoms with Crippen LogP contribution in [0.25, 0.3) is 22.1 Å². The molecule has 1 atom stereocenters. The maximum Gasteiger partial charge on any atom is 0.255 e. The minimum Gasteiger partial charge on any atom is -0.454 e. The summed E-state index contributed by atoms with van der Waals surface area (Å²) < 4.78 is 12.0. The molecule has 4 aliphatic rings. The highest BCUT2D eigenvalue weighted by molar-refractivity contribution is 6.35. The summed E-state index contributed by atoms with van der Waals surface area (Å²) in [5.41, 5.74) is 9.71. The highest BCUT2D eigenvalue weighted by Gasteiger charge is 2.39. The summed E-state index contributed by atoms with van der Waals surface area (Å²) in [5.74, 6) is 1.06. The van der Waals surface area contributed by atoms with Crippen LogP contribution in [-0.2, 0) is 16.1 Å². The highest BCUT2D eigenvalue weighted by atomic mass is 35.5. The van der Waals surface area contributed by atoms with Crippen LogP contribution in [0.1, 0.15) is 47.3 Å². The van der Waals surface area contributed by atoms with Gasteiger partial charge in [0.15, 0.2) is 28.4 Å². The molecule has 0 aliphatic carbocycles. The van der Waals surface area contributed by atoms with E-state index in [0.29, 0.717) is 47.4 Å². The van der Waals surface area contributed by atoms with Gasteiger partial charge in [0.2, 0.25) is 23.2 Å². The van der Waals surface area contributed by atoms with Crippen LogP contribution < -0.4 is 31.0 Å². The number of benzene rings is 2. The summed E-state index contributed by atoms with van der Waals surface area (Å²) in [7, 11) is 0. The third kappa shape index (κ3) is 6.64. The molecule has 3 amide bonds. The van der Waals surface area contributed by atoms with Gasteiger partial charge in [-0.25, -0.2) is 15.0 Å². The van der Waals surface area contributed by atoms with E-state index < -0.39 is 11.9 Å². The maximum atomic E-state index is 13.3. The van der Waals surface area contributed by atoms with Gasteiger partial charge in [-0.05, 0) is 61.9 Å². The number of aromatic nitrogens is 3. The minimum absolute atomic E-state index is 0.0305. The van der Waals surface area contributed by atoms with Crippen molar-refractivity contribution in [3.63, 3.8) is 0 Å². The number of rotatable bonds is 7. The number of nitrogen functional groups attached to an aromatic ring is 1. The second-order valence-electron chi connectivity index (χ2n) is 14.9. The summed E-state index contributed by atoms with van der Waals surface area (Å²) in [6, 6.07) is 12.0. The van der Waals surface area contributed by atoms with E-state index in [0.717, 1.165) is 69.9 Å². The number of fused-ring (bicyclic) bond motifs is 3. The Kier molecular flexibility index (Phi) is 9.20. The molecule has 15 nitrogen and oxygen atoms in total. The molecule has 3 N–H and O–H groups in total. The summed E-state index contributed by atoms with van der Waals surface area (Å²) in [4.78, 5) is 72.8. The van der Waals surface area contributed by atoms with Gasteiger partial charge in [-0.3, -0.25) is 29.4 Å². The number of hydrogen-bond donors (Lipinski definition) is 2.